The molecule has 0 atom stereocenters. The van der Waals surface area contributed by atoms with Gasteiger partial charge in [0.2, 0.25) is 0 Å². The highest BCUT2D eigenvalue weighted by Gasteiger charge is 2.17. The van der Waals surface area contributed by atoms with Gasteiger partial charge in [0.1, 0.15) is 26.9 Å². The van der Waals surface area contributed by atoms with E-state index in [0.29, 0.717) is 16.8 Å². The van der Waals surface area contributed by atoms with Crippen LogP contribution in [0.5, 0.6) is 0 Å². The normalized spacial score (nSPS) is 14.2. The number of benzene rings is 2. The van der Waals surface area contributed by atoms with Gasteiger partial charge in [-0.05, 0) is 96.4 Å². The Morgan fingerprint density at radius 3 is 2.64 bits per heavy atom. The highest BCUT2D eigenvalue weighted by Crippen LogP contribution is 2.35. The third kappa shape index (κ3) is 6.53. The summed E-state index contributed by atoms with van der Waals surface area (Å²) in [6.07, 6.45) is 10.5. The van der Waals surface area contributed by atoms with E-state index in [4.69, 9.17) is 4.98 Å². The highest BCUT2D eigenvalue weighted by atomic mass is 32.2. The summed E-state index contributed by atoms with van der Waals surface area (Å²) in [4.78, 5) is 13.0. The molecule has 0 bridgehead atoms. The van der Waals surface area contributed by atoms with Crippen molar-refractivity contribution in [1.29, 1.82) is 0 Å². The molecule has 1 aliphatic carbocycles. The molecule has 7 rings (SSSR count). The molecule has 10 heteroatoms. The van der Waals surface area contributed by atoms with Crippen molar-refractivity contribution in [3.05, 3.63) is 90.0 Å². The minimum absolute atomic E-state index is 0.0344. The molecular formula is C35H35FN6O2S. The topological polar surface area (TPSA) is 116 Å². The van der Waals surface area contributed by atoms with E-state index < -0.39 is 15.7 Å². The highest BCUT2D eigenvalue weighted by molar-refractivity contribution is 7.90. The zero-order valence-electron chi connectivity index (χ0n) is 25.1. The van der Waals surface area contributed by atoms with E-state index in [2.05, 4.69) is 31.5 Å². The van der Waals surface area contributed by atoms with Crippen LogP contribution < -0.4 is 5.32 Å². The lowest BCUT2D eigenvalue weighted by Gasteiger charge is -2.11. The zero-order chi connectivity index (χ0) is 31.0. The number of fused-ring (bicyclic) bond motifs is 2. The first-order chi connectivity index (χ1) is 21.8. The fraction of sp³-hybridized carbons (Fsp3) is 0.286. The van der Waals surface area contributed by atoms with E-state index in [-0.39, 0.29) is 12.2 Å². The molecule has 0 spiro atoms. The van der Waals surface area contributed by atoms with Crippen LogP contribution >= 0.6 is 0 Å². The second kappa shape index (κ2) is 12.2. The number of hydrogen-bond donors (Lipinski definition) is 3. The number of nitrogens with one attached hydrogen (secondary N) is 3. The molecule has 6 aromatic rings. The van der Waals surface area contributed by atoms with Gasteiger partial charge < -0.3 is 10.3 Å². The van der Waals surface area contributed by atoms with Gasteiger partial charge in [-0.1, -0.05) is 31.0 Å². The summed E-state index contributed by atoms with van der Waals surface area (Å²) >= 11 is 0. The van der Waals surface area contributed by atoms with E-state index in [1.165, 1.54) is 44.1 Å². The number of halogens is 1. The fourth-order valence-electron chi connectivity index (χ4n) is 6.39. The largest absolute Gasteiger partial charge is 0.353 e. The van der Waals surface area contributed by atoms with E-state index >= 15 is 0 Å². The van der Waals surface area contributed by atoms with E-state index in [0.717, 1.165) is 69.0 Å². The summed E-state index contributed by atoms with van der Waals surface area (Å²) in [5.41, 5.74) is 8.94. The lowest BCUT2D eigenvalue weighted by molar-refractivity contribution is 0.489. The number of nitrogens with zero attached hydrogens (tertiary/aromatic N) is 3. The predicted octanol–water partition coefficient (Wildman–Crippen LogP) is 6.84. The SMILES string of the molecule is CS(=O)(=O)CCc1cc(F)cc(-c2cccc3[nH]c(-c4n[nH]c5ccc(-c6cncc(CNCC7CCCC7)c6)nc45)cc23)c1. The van der Waals surface area contributed by atoms with Gasteiger partial charge in [-0.3, -0.25) is 10.1 Å². The van der Waals surface area contributed by atoms with Crippen molar-refractivity contribution in [2.45, 2.75) is 38.6 Å². The second-order valence-corrected chi connectivity index (χ2v) is 14.5. The van der Waals surface area contributed by atoms with Crippen LogP contribution in [0.25, 0.3) is 55.7 Å². The zero-order valence-corrected chi connectivity index (χ0v) is 25.9. The van der Waals surface area contributed by atoms with Gasteiger partial charge in [0.25, 0.3) is 0 Å². The van der Waals surface area contributed by atoms with Crippen molar-refractivity contribution in [3.8, 4) is 33.8 Å². The van der Waals surface area contributed by atoms with E-state index in [9.17, 15) is 12.8 Å². The Bertz CT molecular complexity index is 2110. The number of aromatic nitrogens is 5. The smallest absolute Gasteiger partial charge is 0.147 e. The molecule has 1 fully saturated rings. The fourth-order valence-corrected chi connectivity index (χ4v) is 7.00. The number of pyridine rings is 2. The van der Waals surface area contributed by atoms with E-state index in [1.807, 2.05) is 54.9 Å². The van der Waals surface area contributed by atoms with Crippen molar-refractivity contribution < 1.29 is 12.8 Å². The lowest BCUT2D eigenvalue weighted by Crippen LogP contribution is -2.20. The molecule has 3 N–H and O–H groups in total. The quantitative estimate of drug-likeness (QED) is 0.154. The molecule has 45 heavy (non-hydrogen) atoms. The molecule has 2 aromatic carbocycles. The number of rotatable bonds is 10. The molecule has 230 valence electrons. The first kappa shape index (κ1) is 29.3. The van der Waals surface area contributed by atoms with Crippen LogP contribution in [0.15, 0.2) is 73.1 Å². The minimum Gasteiger partial charge on any atom is -0.353 e. The molecule has 0 amide bonds. The first-order valence-corrected chi connectivity index (χ1v) is 17.4. The molecule has 4 heterocycles. The summed E-state index contributed by atoms with van der Waals surface area (Å²) < 4.78 is 38.1. The van der Waals surface area contributed by atoms with Crippen LogP contribution in [0.3, 0.4) is 0 Å². The van der Waals surface area contributed by atoms with Crippen molar-refractivity contribution in [2.75, 3.05) is 18.6 Å². The monoisotopic (exact) mass is 622 g/mol. The lowest BCUT2D eigenvalue weighted by atomic mass is 9.98. The molecular weight excluding hydrogens is 587 g/mol. The minimum atomic E-state index is -3.17. The van der Waals surface area contributed by atoms with Crippen molar-refractivity contribution in [1.82, 2.24) is 30.5 Å². The Morgan fingerprint density at radius 2 is 1.80 bits per heavy atom. The summed E-state index contributed by atoms with van der Waals surface area (Å²) in [7, 11) is -3.17. The Balaban J connectivity index is 1.19. The maximum atomic E-state index is 14.7. The van der Waals surface area contributed by atoms with Crippen LogP contribution in [0, 0.1) is 11.7 Å². The van der Waals surface area contributed by atoms with Crippen molar-refractivity contribution >= 4 is 31.8 Å². The third-order valence-corrected chi connectivity index (χ3v) is 9.63. The molecule has 1 aliphatic rings. The van der Waals surface area contributed by atoms with Crippen LogP contribution in [-0.2, 0) is 22.8 Å². The van der Waals surface area contributed by atoms with Crippen molar-refractivity contribution in [2.24, 2.45) is 5.92 Å². The average Bonchev–Trinajstić information content (AvgIpc) is 3.79. The Kier molecular flexibility index (Phi) is 7.93. The van der Waals surface area contributed by atoms with Gasteiger partial charge >= 0.3 is 0 Å². The second-order valence-electron chi connectivity index (χ2n) is 12.2. The van der Waals surface area contributed by atoms with Crippen LogP contribution in [0.2, 0.25) is 0 Å². The molecule has 0 aliphatic heterocycles. The molecule has 0 unspecified atom stereocenters. The van der Waals surface area contributed by atoms with Crippen LogP contribution in [0.1, 0.15) is 36.8 Å². The van der Waals surface area contributed by atoms with Gasteiger partial charge in [0, 0.05) is 41.7 Å². The molecule has 4 aromatic heterocycles. The van der Waals surface area contributed by atoms with Gasteiger partial charge in [-0.2, -0.15) is 5.10 Å². The standard InChI is InChI=1S/C35H35FN6O2S/c1-45(43,44)12-11-23-13-25(16-27(36)15-23)28-7-4-8-31-29(28)17-33(39-31)35-34-32(41-42-35)10-9-30(40-34)26-14-24(20-38-21-26)19-37-18-22-5-2-3-6-22/h4,7-10,13-17,20-22,37,39H,2-3,5-6,11-12,18-19H2,1H3,(H,41,42). The van der Waals surface area contributed by atoms with Crippen LogP contribution in [0.4, 0.5) is 4.39 Å². The predicted molar refractivity (Wildman–Crippen MR) is 177 cm³/mol. The number of aromatic amines is 2. The average molecular weight is 623 g/mol. The number of aryl methyl sites for hydroxylation is 1. The Hall–Kier alpha value is -4.41. The van der Waals surface area contributed by atoms with Gasteiger partial charge in [0.05, 0.1) is 22.7 Å². The van der Waals surface area contributed by atoms with Gasteiger partial charge in [0.15, 0.2) is 0 Å². The Morgan fingerprint density at radius 1 is 0.956 bits per heavy atom. The number of hydrogen-bond acceptors (Lipinski definition) is 6. The summed E-state index contributed by atoms with van der Waals surface area (Å²) in [5, 5.41) is 12.2. The maximum Gasteiger partial charge on any atom is 0.147 e. The maximum absolute atomic E-state index is 14.7. The number of H-pyrrole nitrogens is 2. The molecule has 0 saturated heterocycles. The molecule has 8 nitrogen and oxygen atoms in total. The van der Waals surface area contributed by atoms with Crippen LogP contribution in [-0.4, -0.2) is 52.1 Å². The summed E-state index contributed by atoms with van der Waals surface area (Å²) in [6, 6.07) is 18.7. The summed E-state index contributed by atoms with van der Waals surface area (Å²) in [5.74, 6) is 0.346. The Labute approximate surface area is 261 Å². The number of sulfone groups is 1. The van der Waals surface area contributed by atoms with E-state index in [1.54, 1.807) is 0 Å². The molecule has 0 radical (unpaired) electrons. The molecule has 1 saturated carbocycles. The van der Waals surface area contributed by atoms with Crippen molar-refractivity contribution in [3.63, 3.8) is 0 Å². The van der Waals surface area contributed by atoms with Gasteiger partial charge in [-0.25, -0.2) is 17.8 Å². The summed E-state index contributed by atoms with van der Waals surface area (Å²) in [6.45, 7) is 1.82. The third-order valence-electron chi connectivity index (χ3n) is 8.68. The van der Waals surface area contributed by atoms with Gasteiger partial charge in [-0.15, -0.1) is 0 Å². The first-order valence-electron chi connectivity index (χ1n) is 15.4.